The van der Waals surface area contributed by atoms with Crippen molar-refractivity contribution in [2.45, 2.75) is 95.9 Å². The SMILES string of the molecule is CCCCCC(=O)C1CCc2cc(C3CCC(N)(CC)C3)ccc2C1. The van der Waals surface area contributed by atoms with E-state index in [1.54, 1.807) is 0 Å². The Hall–Kier alpha value is -1.15. The van der Waals surface area contributed by atoms with Crippen LogP contribution in [0.2, 0.25) is 0 Å². The minimum atomic E-state index is 0.0522. The monoisotopic (exact) mass is 341 g/mol. The number of carbonyl (C=O) groups is 1. The first-order valence-electron chi connectivity index (χ1n) is 10.5. The molecule has 0 aliphatic heterocycles. The van der Waals surface area contributed by atoms with E-state index in [0.29, 0.717) is 11.7 Å². The highest BCUT2D eigenvalue weighted by molar-refractivity contribution is 5.81. The Morgan fingerprint density at radius 1 is 1.20 bits per heavy atom. The number of hydrogen-bond donors (Lipinski definition) is 1. The molecule has 25 heavy (non-hydrogen) atoms. The normalized spacial score (nSPS) is 28.8. The van der Waals surface area contributed by atoms with Gasteiger partial charge in [0.15, 0.2) is 0 Å². The number of Topliss-reactive ketones (excluding diaryl/α,β-unsaturated/α-hetero) is 1. The Balaban J connectivity index is 1.63. The van der Waals surface area contributed by atoms with Gasteiger partial charge in [0.25, 0.3) is 0 Å². The molecule has 0 aromatic heterocycles. The zero-order valence-electron chi connectivity index (χ0n) is 16.2. The highest BCUT2D eigenvalue weighted by Gasteiger charge is 2.35. The Labute approximate surface area is 153 Å². The van der Waals surface area contributed by atoms with Crippen LogP contribution in [0.5, 0.6) is 0 Å². The van der Waals surface area contributed by atoms with E-state index in [1.807, 2.05) is 0 Å². The number of fused-ring (bicyclic) bond motifs is 1. The average Bonchev–Trinajstić information content (AvgIpc) is 3.04. The van der Waals surface area contributed by atoms with Crippen molar-refractivity contribution in [2.75, 3.05) is 0 Å². The topological polar surface area (TPSA) is 43.1 Å². The molecule has 1 saturated carbocycles. The summed E-state index contributed by atoms with van der Waals surface area (Å²) in [6, 6.07) is 7.05. The van der Waals surface area contributed by atoms with Gasteiger partial charge in [-0.2, -0.15) is 0 Å². The van der Waals surface area contributed by atoms with Crippen molar-refractivity contribution in [1.29, 1.82) is 0 Å². The Morgan fingerprint density at radius 2 is 2.04 bits per heavy atom. The molecule has 0 saturated heterocycles. The van der Waals surface area contributed by atoms with Crippen molar-refractivity contribution in [3.63, 3.8) is 0 Å². The molecule has 0 spiro atoms. The van der Waals surface area contributed by atoms with Crippen LogP contribution in [0.4, 0.5) is 0 Å². The summed E-state index contributed by atoms with van der Waals surface area (Å²) in [5, 5.41) is 0. The van der Waals surface area contributed by atoms with Crippen molar-refractivity contribution >= 4 is 5.78 Å². The van der Waals surface area contributed by atoms with Crippen LogP contribution in [0, 0.1) is 5.92 Å². The van der Waals surface area contributed by atoms with Gasteiger partial charge < -0.3 is 5.73 Å². The summed E-state index contributed by atoms with van der Waals surface area (Å²) in [7, 11) is 0. The molecule has 1 aromatic carbocycles. The molecule has 0 radical (unpaired) electrons. The maximum atomic E-state index is 12.4. The van der Waals surface area contributed by atoms with Gasteiger partial charge in [0.1, 0.15) is 5.78 Å². The molecule has 3 rings (SSSR count). The molecular weight excluding hydrogens is 306 g/mol. The van der Waals surface area contributed by atoms with Gasteiger partial charge in [0, 0.05) is 17.9 Å². The van der Waals surface area contributed by atoms with Crippen molar-refractivity contribution in [3.8, 4) is 0 Å². The lowest BCUT2D eigenvalue weighted by atomic mass is 9.79. The van der Waals surface area contributed by atoms with E-state index in [4.69, 9.17) is 5.73 Å². The zero-order chi connectivity index (χ0) is 17.9. The lowest BCUT2D eigenvalue weighted by Gasteiger charge is -2.26. The van der Waals surface area contributed by atoms with Crippen LogP contribution >= 0.6 is 0 Å². The summed E-state index contributed by atoms with van der Waals surface area (Å²) in [4.78, 5) is 12.4. The third-order valence-corrected chi connectivity index (χ3v) is 6.76. The Kier molecular flexibility index (Phi) is 5.99. The maximum absolute atomic E-state index is 12.4. The standard InChI is InChI=1S/C23H35NO/c1-3-5-6-7-22(25)20-11-10-17-14-19(9-8-18(17)15-20)21-12-13-23(24,4-2)16-21/h8-9,14,20-21H,3-7,10-13,15-16,24H2,1-2H3. The largest absolute Gasteiger partial charge is 0.325 e. The number of rotatable bonds is 7. The second-order valence-corrected chi connectivity index (χ2v) is 8.55. The fourth-order valence-corrected chi connectivity index (χ4v) is 4.82. The van der Waals surface area contributed by atoms with Gasteiger partial charge in [-0.1, -0.05) is 44.9 Å². The summed E-state index contributed by atoms with van der Waals surface area (Å²) >= 11 is 0. The summed E-state index contributed by atoms with van der Waals surface area (Å²) < 4.78 is 0. The number of benzene rings is 1. The minimum absolute atomic E-state index is 0.0522. The van der Waals surface area contributed by atoms with Crippen molar-refractivity contribution in [1.82, 2.24) is 0 Å². The molecule has 2 aliphatic rings. The first-order valence-corrected chi connectivity index (χ1v) is 10.5. The van der Waals surface area contributed by atoms with E-state index >= 15 is 0 Å². The minimum Gasteiger partial charge on any atom is -0.325 e. The third-order valence-electron chi connectivity index (χ3n) is 6.76. The van der Waals surface area contributed by atoms with Gasteiger partial charge in [0.2, 0.25) is 0 Å². The Morgan fingerprint density at radius 3 is 2.76 bits per heavy atom. The molecule has 2 aliphatic carbocycles. The first-order chi connectivity index (χ1) is 12.0. The number of hydrogen-bond acceptors (Lipinski definition) is 2. The van der Waals surface area contributed by atoms with E-state index in [2.05, 4.69) is 32.0 Å². The maximum Gasteiger partial charge on any atom is 0.136 e. The van der Waals surface area contributed by atoms with Crippen LogP contribution in [0.15, 0.2) is 18.2 Å². The molecule has 0 bridgehead atoms. The molecule has 2 heteroatoms. The smallest absolute Gasteiger partial charge is 0.136 e. The van der Waals surface area contributed by atoms with Gasteiger partial charge >= 0.3 is 0 Å². The molecule has 138 valence electrons. The zero-order valence-corrected chi connectivity index (χ0v) is 16.2. The summed E-state index contributed by atoms with van der Waals surface area (Å²) in [6.07, 6.45) is 11.9. The van der Waals surface area contributed by atoms with Gasteiger partial charge in [-0.25, -0.2) is 0 Å². The van der Waals surface area contributed by atoms with Gasteiger partial charge in [-0.05, 0) is 74.0 Å². The van der Waals surface area contributed by atoms with Crippen molar-refractivity contribution in [3.05, 3.63) is 34.9 Å². The molecule has 0 heterocycles. The first kappa shape index (κ1) is 18.6. The number of ketones is 1. The predicted molar refractivity (Wildman–Crippen MR) is 105 cm³/mol. The molecule has 3 unspecified atom stereocenters. The summed E-state index contributed by atoms with van der Waals surface area (Å²) in [5.74, 6) is 1.39. The number of unbranched alkanes of at least 4 members (excludes halogenated alkanes) is 2. The molecular formula is C23H35NO. The van der Waals surface area contributed by atoms with Crippen molar-refractivity contribution in [2.24, 2.45) is 11.7 Å². The second-order valence-electron chi connectivity index (χ2n) is 8.55. The van der Waals surface area contributed by atoms with E-state index in [0.717, 1.165) is 51.4 Å². The molecule has 1 aromatic rings. The lowest BCUT2D eigenvalue weighted by Crippen LogP contribution is -2.35. The van der Waals surface area contributed by atoms with E-state index in [-0.39, 0.29) is 11.5 Å². The van der Waals surface area contributed by atoms with E-state index in [1.165, 1.54) is 36.0 Å². The highest BCUT2D eigenvalue weighted by atomic mass is 16.1. The predicted octanol–water partition coefficient (Wildman–Crippen LogP) is 5.32. The van der Waals surface area contributed by atoms with Crippen LogP contribution in [-0.4, -0.2) is 11.3 Å². The second kappa shape index (κ2) is 8.03. The van der Waals surface area contributed by atoms with Crippen LogP contribution in [0.25, 0.3) is 0 Å². The van der Waals surface area contributed by atoms with Crippen molar-refractivity contribution < 1.29 is 4.79 Å². The van der Waals surface area contributed by atoms with Gasteiger partial charge in [0.05, 0.1) is 0 Å². The Bertz CT molecular complexity index is 608. The molecule has 3 atom stereocenters. The fourth-order valence-electron chi connectivity index (χ4n) is 4.82. The summed E-state index contributed by atoms with van der Waals surface area (Å²) in [6.45, 7) is 4.41. The van der Waals surface area contributed by atoms with Crippen LogP contribution in [0.1, 0.15) is 94.2 Å². The summed E-state index contributed by atoms with van der Waals surface area (Å²) in [5.41, 5.74) is 10.9. The number of carbonyl (C=O) groups excluding carboxylic acids is 1. The lowest BCUT2D eigenvalue weighted by molar-refractivity contribution is -0.123. The van der Waals surface area contributed by atoms with Crippen LogP contribution in [-0.2, 0) is 17.6 Å². The van der Waals surface area contributed by atoms with Gasteiger partial charge in [-0.15, -0.1) is 0 Å². The quantitative estimate of drug-likeness (QED) is 0.682. The van der Waals surface area contributed by atoms with E-state index < -0.39 is 0 Å². The fraction of sp³-hybridized carbons (Fsp3) is 0.696. The van der Waals surface area contributed by atoms with Crippen LogP contribution in [0.3, 0.4) is 0 Å². The average molecular weight is 342 g/mol. The van der Waals surface area contributed by atoms with Crippen LogP contribution < -0.4 is 5.73 Å². The highest BCUT2D eigenvalue weighted by Crippen LogP contribution is 2.42. The third kappa shape index (κ3) is 4.34. The molecule has 1 fully saturated rings. The molecule has 0 amide bonds. The molecule has 2 nitrogen and oxygen atoms in total. The van der Waals surface area contributed by atoms with Gasteiger partial charge in [-0.3, -0.25) is 4.79 Å². The van der Waals surface area contributed by atoms with E-state index in [9.17, 15) is 4.79 Å². The number of nitrogens with two attached hydrogens (primary N) is 1. The molecule has 2 N–H and O–H groups in total. The number of aryl methyl sites for hydroxylation is 1.